The van der Waals surface area contributed by atoms with E-state index in [1.54, 1.807) is 0 Å². The maximum absolute atomic E-state index is 13.6. The summed E-state index contributed by atoms with van der Waals surface area (Å²) in [5.41, 5.74) is 0.318. The van der Waals surface area contributed by atoms with Gasteiger partial charge in [0, 0.05) is 18.8 Å². The van der Waals surface area contributed by atoms with Gasteiger partial charge >= 0.3 is 33.2 Å². The third kappa shape index (κ3) is 4.75. The monoisotopic (exact) mass is 878 g/mol. The number of halogens is 7. The predicted molar refractivity (Wildman–Crippen MR) is 138 cm³/mol. The molecule has 0 aliphatic carbocycles. The first kappa shape index (κ1) is 28.1. The number of carbonyl (C=O) groups is 2. The molecule has 4 atom stereocenters. The average molecular weight is 878 g/mol. The number of hydrogen-bond acceptors (Lipinski definition) is 8. The fourth-order valence-electron chi connectivity index (χ4n) is 4.08. The van der Waals surface area contributed by atoms with Crippen LogP contribution in [0.25, 0.3) is 0 Å². The Balaban J connectivity index is 1.41. The molecule has 1 aromatic carbocycles. The minimum atomic E-state index is -6.37. The molecule has 4 rings (SSSR count). The molecule has 4 unspecified atom stereocenters. The van der Waals surface area contributed by atoms with Gasteiger partial charge in [-0.2, -0.15) is 26.0 Å². The second-order valence-electron chi connectivity index (χ2n) is 7.99. The summed E-state index contributed by atoms with van der Waals surface area (Å²) in [5.74, 6) is -8.34. The summed E-state index contributed by atoms with van der Waals surface area (Å²) < 4.78 is 102. The predicted octanol–water partition coefficient (Wildman–Crippen LogP) is 4.69. The van der Waals surface area contributed by atoms with Gasteiger partial charge < -0.3 is 14.2 Å². The molecule has 2 saturated heterocycles. The smallest absolute Gasteiger partial charge is 0.431 e. The van der Waals surface area contributed by atoms with Crippen LogP contribution < -0.4 is 4.74 Å². The first-order chi connectivity index (χ1) is 16.0. The van der Waals surface area contributed by atoms with Gasteiger partial charge in [-0.3, -0.25) is 9.35 Å². The van der Waals surface area contributed by atoms with E-state index in [9.17, 15) is 35.6 Å². The first-order valence-corrected chi connectivity index (χ1v) is 15.3. The fraction of sp³-hybridized carbons (Fsp3) is 0.556. The summed E-state index contributed by atoms with van der Waals surface area (Å²) >= 11 is 7.50. The molecule has 35 heavy (non-hydrogen) atoms. The van der Waals surface area contributed by atoms with Crippen LogP contribution >= 0.6 is 79.5 Å². The lowest BCUT2D eigenvalue weighted by atomic mass is 9.84. The van der Waals surface area contributed by atoms with E-state index in [0.29, 0.717) is 18.5 Å². The highest BCUT2D eigenvalue weighted by molar-refractivity contribution is 14.1. The Morgan fingerprint density at radius 1 is 1.23 bits per heavy atom. The molecule has 194 valence electrons. The third-order valence-electron chi connectivity index (χ3n) is 5.82. The Morgan fingerprint density at radius 3 is 2.46 bits per heavy atom. The lowest BCUT2D eigenvalue weighted by Crippen LogP contribution is -2.53. The Morgan fingerprint density at radius 2 is 1.89 bits per heavy atom. The Labute approximate surface area is 241 Å². The summed E-state index contributed by atoms with van der Waals surface area (Å²) in [7, 11) is -6.37. The summed E-state index contributed by atoms with van der Waals surface area (Å²) in [6, 6.07) is 1.86. The SMILES string of the molecule is O=C1OC2(CC3SC2CC3C(=O)OCCC(F)(F)C(F)(F)S(=O)(=O)O)Oc2c(I)cc(I)c(I)c21. The molecular formula is C18H13F4I3O8S2. The van der Waals surface area contributed by atoms with Crippen molar-refractivity contribution >= 4 is 102 Å². The molecule has 3 heterocycles. The zero-order chi connectivity index (χ0) is 26.1. The van der Waals surface area contributed by atoms with Gasteiger partial charge in [0.1, 0.15) is 5.56 Å². The molecule has 0 amide bonds. The van der Waals surface area contributed by atoms with Crippen LogP contribution in [0.1, 0.15) is 29.6 Å². The van der Waals surface area contributed by atoms with E-state index in [1.165, 1.54) is 11.8 Å². The van der Waals surface area contributed by atoms with Gasteiger partial charge in [-0.25, -0.2) is 4.79 Å². The van der Waals surface area contributed by atoms with Crippen molar-refractivity contribution in [3.63, 3.8) is 0 Å². The molecule has 3 aliphatic heterocycles. The largest absolute Gasteiger partial charge is 0.465 e. The zero-order valence-electron chi connectivity index (χ0n) is 16.9. The standard InChI is InChI=1S/C18H13F4I3O8S2/c19-17(20,18(21,22)35(28,29)30)1-2-31-14(26)6-3-10-16(5-9(6)34-10)32-13-8(24)4-7(23)12(25)11(13)15(27)33-16/h4,6,9-10H,1-3,5H2,(H,28,29,30). The first-order valence-electron chi connectivity index (χ1n) is 9.65. The number of benzene rings is 1. The van der Waals surface area contributed by atoms with E-state index in [1.807, 2.05) is 28.7 Å². The summed E-state index contributed by atoms with van der Waals surface area (Å²) in [6.45, 7) is -1.19. The number of fused-ring (bicyclic) bond motifs is 4. The highest BCUT2D eigenvalue weighted by atomic mass is 127. The van der Waals surface area contributed by atoms with Gasteiger partial charge in [-0.05, 0) is 80.3 Å². The van der Waals surface area contributed by atoms with E-state index in [4.69, 9.17) is 18.8 Å². The van der Waals surface area contributed by atoms with E-state index < -0.39 is 68.5 Å². The van der Waals surface area contributed by atoms with E-state index in [-0.39, 0.29) is 12.8 Å². The maximum Gasteiger partial charge on any atom is 0.431 e. The molecule has 2 bridgehead atoms. The summed E-state index contributed by atoms with van der Waals surface area (Å²) in [5, 5.41) is -6.63. The summed E-state index contributed by atoms with van der Waals surface area (Å²) in [6.07, 6.45) is -1.55. The van der Waals surface area contributed by atoms with Crippen molar-refractivity contribution in [2.24, 2.45) is 5.92 Å². The van der Waals surface area contributed by atoms with Gasteiger partial charge in [0.05, 0.1) is 27.8 Å². The van der Waals surface area contributed by atoms with Crippen LogP contribution in [0, 0.1) is 16.6 Å². The van der Waals surface area contributed by atoms with Crippen molar-refractivity contribution in [1.29, 1.82) is 0 Å². The van der Waals surface area contributed by atoms with Crippen LogP contribution in [0.5, 0.6) is 5.75 Å². The molecule has 2 fully saturated rings. The molecule has 0 aromatic heterocycles. The van der Waals surface area contributed by atoms with E-state index in [0.717, 1.165) is 3.57 Å². The molecule has 0 radical (unpaired) electrons. The number of rotatable bonds is 6. The molecule has 1 N–H and O–H groups in total. The third-order valence-corrected chi connectivity index (χ3v) is 12.3. The van der Waals surface area contributed by atoms with E-state index >= 15 is 0 Å². The van der Waals surface area contributed by atoms with Gasteiger partial charge in [-0.1, -0.05) is 0 Å². The van der Waals surface area contributed by atoms with Gasteiger partial charge in [0.15, 0.2) is 5.75 Å². The normalized spacial score (nSPS) is 28.0. The number of ether oxygens (including phenoxy) is 3. The second kappa shape index (κ2) is 9.40. The number of carbonyl (C=O) groups excluding carboxylic acids is 2. The van der Waals surface area contributed by atoms with Crippen LogP contribution in [-0.4, -0.2) is 59.0 Å². The molecule has 1 aromatic rings. The average Bonchev–Trinajstić information content (AvgIpc) is 3.28. The number of thioether (sulfide) groups is 1. The minimum Gasteiger partial charge on any atom is -0.465 e. The topological polar surface area (TPSA) is 116 Å². The van der Waals surface area contributed by atoms with Crippen LogP contribution in [0.2, 0.25) is 0 Å². The molecule has 8 nitrogen and oxygen atoms in total. The fourth-order valence-corrected chi connectivity index (χ4v) is 8.92. The van der Waals surface area contributed by atoms with Crippen molar-refractivity contribution < 1.29 is 54.3 Å². The molecular weight excluding hydrogens is 865 g/mol. The lowest BCUT2D eigenvalue weighted by Gasteiger charge is -2.41. The molecule has 1 spiro atoms. The quantitative estimate of drug-likeness (QED) is 0.143. The van der Waals surface area contributed by atoms with Crippen LogP contribution in [0.15, 0.2) is 6.07 Å². The second-order valence-corrected chi connectivity index (χ2v) is 14.3. The highest BCUT2D eigenvalue weighted by Gasteiger charge is 2.66. The van der Waals surface area contributed by atoms with Crippen molar-refractivity contribution in [2.45, 2.75) is 46.7 Å². The Hall–Kier alpha value is 0.130. The van der Waals surface area contributed by atoms with Crippen molar-refractivity contribution in [1.82, 2.24) is 0 Å². The van der Waals surface area contributed by atoms with Crippen LogP contribution in [0.3, 0.4) is 0 Å². The molecule has 0 saturated carbocycles. The molecule has 17 heteroatoms. The van der Waals surface area contributed by atoms with Crippen LogP contribution in [-0.2, 0) is 24.4 Å². The Kier molecular flexibility index (Phi) is 7.56. The van der Waals surface area contributed by atoms with Crippen molar-refractivity contribution in [3.8, 4) is 5.75 Å². The minimum absolute atomic E-state index is 0.128. The number of hydrogen-bond donors (Lipinski definition) is 1. The Bertz CT molecular complexity index is 1210. The van der Waals surface area contributed by atoms with Crippen molar-refractivity contribution in [2.75, 3.05) is 6.61 Å². The van der Waals surface area contributed by atoms with Gasteiger partial charge in [-0.15, -0.1) is 11.8 Å². The van der Waals surface area contributed by atoms with Crippen molar-refractivity contribution in [3.05, 3.63) is 22.3 Å². The lowest BCUT2D eigenvalue weighted by molar-refractivity contribution is -0.180. The number of esters is 2. The van der Waals surface area contributed by atoms with Gasteiger partial charge in [0.25, 0.3) is 5.79 Å². The van der Waals surface area contributed by atoms with E-state index in [2.05, 4.69) is 45.2 Å². The number of alkyl halides is 4. The zero-order valence-corrected chi connectivity index (χ0v) is 25.0. The van der Waals surface area contributed by atoms with Crippen LogP contribution in [0.4, 0.5) is 17.6 Å². The highest BCUT2D eigenvalue weighted by Crippen LogP contribution is 2.58. The molecule has 3 aliphatic rings. The maximum atomic E-state index is 13.6. The summed E-state index contributed by atoms with van der Waals surface area (Å²) in [4.78, 5) is 25.3. The van der Waals surface area contributed by atoms with Gasteiger partial charge in [0.2, 0.25) is 0 Å².